The molecule has 0 bridgehead atoms. The van der Waals surface area contributed by atoms with Crippen molar-refractivity contribution in [1.29, 1.82) is 0 Å². The molecule has 0 atom stereocenters. The summed E-state index contributed by atoms with van der Waals surface area (Å²) in [6, 6.07) is 7.38. The minimum absolute atomic E-state index is 0.117. The lowest BCUT2D eigenvalue weighted by molar-refractivity contribution is 0.0950. The zero-order chi connectivity index (χ0) is 14.0. The molecule has 1 aromatic carbocycles. The first kappa shape index (κ1) is 13.9. The minimum atomic E-state index is -0.117. The number of nitrogens with two attached hydrogens (primary N) is 1. The lowest BCUT2D eigenvalue weighted by atomic mass is 10.0. The second kappa shape index (κ2) is 5.63. The molecule has 0 saturated heterocycles. The third kappa shape index (κ3) is 3.28. The van der Waals surface area contributed by atoms with Gasteiger partial charge in [-0.1, -0.05) is 17.7 Å². The molecule has 0 spiro atoms. The van der Waals surface area contributed by atoms with Crippen LogP contribution in [0.15, 0.2) is 24.3 Å². The molecule has 0 saturated carbocycles. The molecule has 3 N–H and O–H groups in total. The molecule has 0 radical (unpaired) electrons. The SMILES string of the molecule is Cc1cc(C)c(C(=O)NCc2ccc(Cl)s2)cc1N. The number of benzene rings is 1. The van der Waals surface area contributed by atoms with E-state index in [9.17, 15) is 4.79 Å². The van der Waals surface area contributed by atoms with Crippen molar-refractivity contribution in [2.24, 2.45) is 0 Å². The third-order valence-electron chi connectivity index (χ3n) is 2.91. The number of rotatable bonds is 3. The van der Waals surface area contributed by atoms with Gasteiger partial charge >= 0.3 is 0 Å². The van der Waals surface area contributed by atoms with Crippen molar-refractivity contribution in [1.82, 2.24) is 5.32 Å². The number of aryl methyl sites for hydroxylation is 2. The number of hydrogen-bond acceptors (Lipinski definition) is 3. The quantitative estimate of drug-likeness (QED) is 0.851. The van der Waals surface area contributed by atoms with Gasteiger partial charge in [-0.15, -0.1) is 11.3 Å². The van der Waals surface area contributed by atoms with Gasteiger partial charge in [0.1, 0.15) is 0 Å². The van der Waals surface area contributed by atoms with Crippen molar-refractivity contribution in [2.75, 3.05) is 5.73 Å². The highest BCUT2D eigenvalue weighted by Gasteiger charge is 2.11. The molecular weight excluding hydrogens is 280 g/mol. The number of hydrogen-bond donors (Lipinski definition) is 2. The van der Waals surface area contributed by atoms with E-state index >= 15 is 0 Å². The number of anilines is 1. The third-order valence-corrected chi connectivity index (χ3v) is 4.14. The van der Waals surface area contributed by atoms with Crippen LogP contribution in [0.1, 0.15) is 26.4 Å². The van der Waals surface area contributed by atoms with Crippen LogP contribution >= 0.6 is 22.9 Å². The molecule has 1 heterocycles. The Balaban J connectivity index is 2.10. The fourth-order valence-corrected chi connectivity index (χ4v) is 2.85. The first-order chi connectivity index (χ1) is 8.97. The van der Waals surface area contributed by atoms with Crippen molar-refractivity contribution in [3.05, 3.63) is 50.2 Å². The molecule has 0 aliphatic carbocycles. The van der Waals surface area contributed by atoms with Crippen molar-refractivity contribution in [2.45, 2.75) is 20.4 Å². The van der Waals surface area contributed by atoms with Crippen LogP contribution in [0.25, 0.3) is 0 Å². The average molecular weight is 295 g/mol. The molecule has 3 nitrogen and oxygen atoms in total. The Morgan fingerprint density at radius 1 is 1.32 bits per heavy atom. The molecule has 1 amide bonds. The zero-order valence-electron chi connectivity index (χ0n) is 10.8. The molecule has 0 aliphatic heterocycles. The molecular formula is C14H15ClN2OS. The number of thiophene rings is 1. The Kier molecular flexibility index (Phi) is 4.12. The normalized spacial score (nSPS) is 10.5. The highest BCUT2D eigenvalue weighted by molar-refractivity contribution is 7.16. The number of halogens is 1. The first-order valence-corrected chi connectivity index (χ1v) is 7.06. The van der Waals surface area contributed by atoms with E-state index in [1.54, 1.807) is 6.07 Å². The summed E-state index contributed by atoms with van der Waals surface area (Å²) < 4.78 is 0.722. The summed E-state index contributed by atoms with van der Waals surface area (Å²) in [5.41, 5.74) is 9.00. The molecule has 0 unspecified atom stereocenters. The van der Waals surface area contributed by atoms with Gasteiger partial charge in [0.2, 0.25) is 0 Å². The minimum Gasteiger partial charge on any atom is -0.398 e. The maximum absolute atomic E-state index is 12.1. The Morgan fingerprint density at radius 3 is 2.68 bits per heavy atom. The van der Waals surface area contributed by atoms with Crippen LogP contribution in [0.4, 0.5) is 5.69 Å². The lowest BCUT2D eigenvalue weighted by Gasteiger charge is -2.09. The van der Waals surface area contributed by atoms with Gasteiger partial charge in [0.25, 0.3) is 5.91 Å². The maximum atomic E-state index is 12.1. The van der Waals surface area contributed by atoms with E-state index in [0.29, 0.717) is 17.8 Å². The zero-order valence-corrected chi connectivity index (χ0v) is 12.4. The maximum Gasteiger partial charge on any atom is 0.251 e. The molecule has 5 heteroatoms. The lowest BCUT2D eigenvalue weighted by Crippen LogP contribution is -2.23. The van der Waals surface area contributed by atoms with Gasteiger partial charge in [-0.2, -0.15) is 0 Å². The monoisotopic (exact) mass is 294 g/mol. The summed E-state index contributed by atoms with van der Waals surface area (Å²) in [5.74, 6) is -0.117. The standard InChI is InChI=1S/C14H15ClN2OS/c1-8-5-9(2)12(16)6-11(8)14(18)17-7-10-3-4-13(15)19-10/h3-6H,7,16H2,1-2H3,(H,17,18). The highest BCUT2D eigenvalue weighted by atomic mass is 35.5. The largest absolute Gasteiger partial charge is 0.398 e. The number of carbonyl (C=O) groups is 1. The molecule has 100 valence electrons. The van der Waals surface area contributed by atoms with Crippen LogP contribution in [-0.4, -0.2) is 5.91 Å². The van der Waals surface area contributed by atoms with Crippen LogP contribution in [0.2, 0.25) is 4.34 Å². The molecule has 0 fully saturated rings. The van der Waals surface area contributed by atoms with Crippen LogP contribution in [-0.2, 0) is 6.54 Å². The van der Waals surface area contributed by atoms with Gasteiger partial charge in [-0.3, -0.25) is 4.79 Å². The van der Waals surface area contributed by atoms with E-state index in [-0.39, 0.29) is 5.91 Å². The van der Waals surface area contributed by atoms with Crippen LogP contribution in [0.3, 0.4) is 0 Å². The van der Waals surface area contributed by atoms with E-state index in [0.717, 1.165) is 20.3 Å². The van der Waals surface area contributed by atoms with E-state index < -0.39 is 0 Å². The Hall–Kier alpha value is -1.52. The fraction of sp³-hybridized carbons (Fsp3) is 0.214. The van der Waals surface area contributed by atoms with Crippen molar-refractivity contribution < 1.29 is 4.79 Å². The van der Waals surface area contributed by atoms with E-state index in [1.165, 1.54) is 11.3 Å². The van der Waals surface area contributed by atoms with Crippen molar-refractivity contribution >= 4 is 34.5 Å². The summed E-state index contributed by atoms with van der Waals surface area (Å²) in [7, 11) is 0. The van der Waals surface area contributed by atoms with Crippen LogP contribution < -0.4 is 11.1 Å². The topological polar surface area (TPSA) is 55.1 Å². The Morgan fingerprint density at radius 2 is 2.05 bits per heavy atom. The van der Waals surface area contributed by atoms with Crippen molar-refractivity contribution in [3.63, 3.8) is 0 Å². The Labute approximate surface area is 121 Å². The van der Waals surface area contributed by atoms with Crippen LogP contribution in [0, 0.1) is 13.8 Å². The predicted molar refractivity (Wildman–Crippen MR) is 80.8 cm³/mol. The summed E-state index contributed by atoms with van der Waals surface area (Å²) in [5, 5.41) is 2.87. The smallest absolute Gasteiger partial charge is 0.251 e. The molecule has 2 rings (SSSR count). The summed E-state index contributed by atoms with van der Waals surface area (Å²) in [6.07, 6.45) is 0. The van der Waals surface area contributed by atoms with Crippen LogP contribution in [0.5, 0.6) is 0 Å². The van der Waals surface area contributed by atoms with Crippen molar-refractivity contribution in [3.8, 4) is 0 Å². The number of nitrogen functional groups attached to an aromatic ring is 1. The van der Waals surface area contributed by atoms with Gasteiger partial charge in [-0.05, 0) is 43.2 Å². The second-order valence-electron chi connectivity index (χ2n) is 4.41. The van der Waals surface area contributed by atoms with E-state index in [4.69, 9.17) is 17.3 Å². The van der Waals surface area contributed by atoms with E-state index in [1.807, 2.05) is 32.0 Å². The van der Waals surface area contributed by atoms with Gasteiger partial charge in [0.15, 0.2) is 0 Å². The number of carbonyl (C=O) groups excluding carboxylic acids is 1. The summed E-state index contributed by atoms with van der Waals surface area (Å²) in [4.78, 5) is 13.1. The first-order valence-electron chi connectivity index (χ1n) is 5.86. The fourth-order valence-electron chi connectivity index (χ4n) is 1.82. The Bertz CT molecular complexity index is 622. The molecule has 0 aliphatic rings. The summed E-state index contributed by atoms with van der Waals surface area (Å²) >= 11 is 7.31. The molecule has 2 aromatic rings. The van der Waals surface area contributed by atoms with Gasteiger partial charge in [0, 0.05) is 16.1 Å². The van der Waals surface area contributed by atoms with Gasteiger partial charge in [0.05, 0.1) is 10.9 Å². The summed E-state index contributed by atoms with van der Waals surface area (Å²) in [6.45, 7) is 4.31. The second-order valence-corrected chi connectivity index (χ2v) is 6.21. The number of amides is 1. The van der Waals surface area contributed by atoms with Gasteiger partial charge in [-0.25, -0.2) is 0 Å². The predicted octanol–water partition coefficient (Wildman–Crippen LogP) is 3.53. The molecule has 1 aromatic heterocycles. The molecule has 19 heavy (non-hydrogen) atoms. The highest BCUT2D eigenvalue weighted by Crippen LogP contribution is 2.22. The average Bonchev–Trinajstić information content (AvgIpc) is 2.77. The number of nitrogens with one attached hydrogen (secondary N) is 1. The van der Waals surface area contributed by atoms with Gasteiger partial charge < -0.3 is 11.1 Å². The van der Waals surface area contributed by atoms with E-state index in [2.05, 4.69) is 5.32 Å².